The van der Waals surface area contributed by atoms with Gasteiger partial charge in [-0.25, -0.2) is 0 Å². The van der Waals surface area contributed by atoms with E-state index in [1.807, 2.05) is 0 Å². The summed E-state index contributed by atoms with van der Waals surface area (Å²) in [4.78, 5) is 19.8. The molecule has 17 heavy (non-hydrogen) atoms. The Morgan fingerprint density at radius 1 is 1.41 bits per heavy atom. The molecule has 0 aromatic heterocycles. The summed E-state index contributed by atoms with van der Waals surface area (Å²) in [5.74, 6) is -0.0556. The minimum absolute atomic E-state index is 0.0556. The van der Waals surface area contributed by atoms with Gasteiger partial charge in [-0.2, -0.15) is 0 Å². The zero-order valence-corrected chi connectivity index (χ0v) is 11.1. The van der Waals surface area contributed by atoms with E-state index in [1.165, 1.54) is 0 Å². The number of nitrogens with one attached hydrogen (secondary N) is 1. The van der Waals surface area contributed by atoms with Crippen LogP contribution in [0.4, 0.5) is 4.79 Å². The largest absolute Gasteiger partial charge is 0.565 e. The van der Waals surface area contributed by atoms with E-state index in [9.17, 15) is 4.79 Å². The van der Waals surface area contributed by atoms with Crippen molar-refractivity contribution in [3.05, 3.63) is 12.2 Å². The van der Waals surface area contributed by atoms with Gasteiger partial charge in [-0.3, -0.25) is 4.79 Å². The molecule has 6 nitrogen and oxygen atoms in total. The van der Waals surface area contributed by atoms with Crippen LogP contribution < -0.4 is 10.4 Å². The Morgan fingerprint density at radius 2 is 1.76 bits per heavy atom. The van der Waals surface area contributed by atoms with Gasteiger partial charge in [0.05, 0.1) is 21.1 Å². The van der Waals surface area contributed by atoms with Crippen LogP contribution in [0.2, 0.25) is 0 Å². The minimum atomic E-state index is -2.08. The molecule has 100 valence electrons. The lowest BCUT2D eigenvalue weighted by atomic mass is 10.2. The number of carboxylic acid groups (broad SMARTS) is 2. The van der Waals surface area contributed by atoms with Crippen molar-refractivity contribution >= 4 is 12.1 Å². The molecule has 0 bridgehead atoms. The Labute approximate surface area is 102 Å². The van der Waals surface area contributed by atoms with Gasteiger partial charge >= 0.3 is 0 Å². The molecule has 1 atom stereocenters. The first-order chi connectivity index (χ1) is 7.52. The third-order valence-electron chi connectivity index (χ3n) is 2.01. The van der Waals surface area contributed by atoms with Crippen LogP contribution >= 0.6 is 0 Å². The zero-order valence-electron chi connectivity index (χ0n) is 11.1. The number of hydrogen-bond acceptors (Lipinski definition) is 3. The summed E-state index contributed by atoms with van der Waals surface area (Å²) >= 11 is 0. The fourth-order valence-electron chi connectivity index (χ4n) is 1.12. The van der Waals surface area contributed by atoms with E-state index in [2.05, 4.69) is 40.0 Å². The minimum Gasteiger partial charge on any atom is -0.565 e. The number of carbonyl (C=O) groups is 2. The summed E-state index contributed by atoms with van der Waals surface area (Å²) in [6.07, 6.45) is -1.01. The molecule has 0 fully saturated rings. The number of carbonyl (C=O) groups excluding carboxylic acids is 1. The molecule has 0 aromatic carbocycles. The summed E-state index contributed by atoms with van der Waals surface area (Å²) in [6.45, 7) is 7.39. The Hall–Kier alpha value is -1.56. The van der Waals surface area contributed by atoms with E-state index in [0.717, 1.165) is 10.9 Å². The van der Waals surface area contributed by atoms with Gasteiger partial charge in [0.1, 0.15) is 0 Å². The fourth-order valence-corrected chi connectivity index (χ4v) is 1.12. The molecule has 0 saturated heterocycles. The smallest absolute Gasteiger partial charge is 0.250 e. The fraction of sp³-hybridized carbons (Fsp3) is 0.636. The molecule has 0 aliphatic carbocycles. The molecule has 1 unspecified atom stereocenters. The van der Waals surface area contributed by atoms with E-state index < -0.39 is 6.16 Å². The second kappa shape index (κ2) is 7.67. The third-order valence-corrected chi connectivity index (χ3v) is 2.01. The van der Waals surface area contributed by atoms with Crippen LogP contribution in [0.3, 0.4) is 0 Å². The maximum absolute atomic E-state index is 11.3. The zero-order chi connectivity index (χ0) is 14.2. The molecule has 6 heteroatoms. The Morgan fingerprint density at radius 3 is 1.94 bits per heavy atom. The van der Waals surface area contributed by atoms with Crippen LogP contribution in [0.25, 0.3) is 0 Å². The van der Waals surface area contributed by atoms with E-state index in [1.54, 1.807) is 6.92 Å². The molecular formula is C11H22N2O4. The highest BCUT2D eigenvalue weighted by Gasteiger charge is 2.23. The number of quaternary nitrogens is 1. The van der Waals surface area contributed by atoms with Crippen LogP contribution in [0.15, 0.2) is 12.2 Å². The van der Waals surface area contributed by atoms with Crippen LogP contribution in [0.5, 0.6) is 0 Å². The van der Waals surface area contributed by atoms with Gasteiger partial charge in [-0.1, -0.05) is 13.5 Å². The van der Waals surface area contributed by atoms with Crippen LogP contribution in [0.1, 0.15) is 20.3 Å². The van der Waals surface area contributed by atoms with Crippen LogP contribution in [-0.2, 0) is 4.79 Å². The van der Waals surface area contributed by atoms with Gasteiger partial charge in [0.25, 0.3) is 5.91 Å². The molecule has 0 aliphatic heterocycles. The first kappa shape index (κ1) is 17.8. The average Bonchev–Trinajstić information content (AvgIpc) is 2.10. The quantitative estimate of drug-likeness (QED) is 0.415. The molecule has 0 heterocycles. The molecule has 0 aromatic rings. The second-order valence-electron chi connectivity index (χ2n) is 4.56. The van der Waals surface area contributed by atoms with E-state index in [4.69, 9.17) is 15.0 Å². The molecule has 0 saturated carbocycles. The van der Waals surface area contributed by atoms with E-state index in [-0.39, 0.29) is 12.1 Å². The summed E-state index contributed by atoms with van der Waals surface area (Å²) in [5, 5.41) is 18.2. The first-order valence-electron chi connectivity index (χ1n) is 5.19. The second-order valence-corrected chi connectivity index (χ2v) is 4.56. The molecule has 2 N–H and O–H groups in total. The third kappa shape index (κ3) is 10.7. The number of amides is 1. The van der Waals surface area contributed by atoms with Crippen molar-refractivity contribution < 1.29 is 24.3 Å². The van der Waals surface area contributed by atoms with Crippen molar-refractivity contribution in [2.45, 2.75) is 26.4 Å². The highest BCUT2D eigenvalue weighted by atomic mass is 16.6. The van der Waals surface area contributed by atoms with Gasteiger partial charge in [-0.15, -0.1) is 0 Å². The summed E-state index contributed by atoms with van der Waals surface area (Å²) in [5.41, 5.74) is 0.562. The maximum atomic E-state index is 11.3. The molecule has 0 aliphatic rings. The standard InChI is InChI=1S/C10H20N2O.CH2O3/c1-7-9(12(4,5)6)11-10(13)8(2)3;2-1(3)4/h9H,2,7H2,1,3-6H3;(H2,2,3,4). The van der Waals surface area contributed by atoms with Gasteiger partial charge in [0.2, 0.25) is 6.16 Å². The Bertz CT molecular complexity index is 278. The predicted octanol–water partition coefficient (Wildman–Crippen LogP) is 0.00870. The SMILES string of the molecule is C=C(C)C(=O)NC(CC)[N+](C)(C)C.O=C([O-])O. The maximum Gasteiger partial charge on any atom is 0.250 e. The van der Waals surface area contributed by atoms with Crippen molar-refractivity contribution in [1.82, 2.24) is 5.32 Å². The lowest BCUT2D eigenvalue weighted by molar-refractivity contribution is -0.898. The monoisotopic (exact) mass is 246 g/mol. The normalized spacial score (nSPS) is 11.8. The Kier molecular flexibility index (Phi) is 8.04. The number of nitrogens with zero attached hydrogens (tertiary/aromatic N) is 1. The van der Waals surface area contributed by atoms with E-state index in [0.29, 0.717) is 5.57 Å². The van der Waals surface area contributed by atoms with Crippen molar-refractivity contribution in [1.29, 1.82) is 0 Å². The van der Waals surface area contributed by atoms with Gasteiger partial charge in [-0.05, 0) is 6.92 Å². The molecule has 0 radical (unpaired) electrons. The first-order valence-corrected chi connectivity index (χ1v) is 5.19. The van der Waals surface area contributed by atoms with Crippen LogP contribution in [-0.4, -0.2) is 49.0 Å². The lowest BCUT2D eigenvalue weighted by Gasteiger charge is -2.33. The average molecular weight is 246 g/mol. The lowest BCUT2D eigenvalue weighted by Crippen LogP contribution is -2.54. The summed E-state index contributed by atoms with van der Waals surface area (Å²) in [6, 6.07) is 0. The summed E-state index contributed by atoms with van der Waals surface area (Å²) < 4.78 is 0.732. The summed E-state index contributed by atoms with van der Waals surface area (Å²) in [7, 11) is 6.19. The van der Waals surface area contributed by atoms with Crippen molar-refractivity contribution in [3.63, 3.8) is 0 Å². The predicted molar refractivity (Wildman–Crippen MR) is 63.1 cm³/mol. The van der Waals surface area contributed by atoms with Crippen molar-refractivity contribution in [2.24, 2.45) is 0 Å². The molecule has 1 amide bonds. The Balaban J connectivity index is 0. The van der Waals surface area contributed by atoms with Crippen LogP contribution in [0, 0.1) is 0 Å². The highest BCUT2D eigenvalue weighted by molar-refractivity contribution is 5.92. The number of rotatable bonds is 4. The molecular weight excluding hydrogens is 224 g/mol. The van der Waals surface area contributed by atoms with Crippen molar-refractivity contribution in [3.8, 4) is 0 Å². The van der Waals surface area contributed by atoms with Gasteiger partial charge < -0.3 is 24.8 Å². The highest BCUT2D eigenvalue weighted by Crippen LogP contribution is 2.04. The van der Waals surface area contributed by atoms with Crippen molar-refractivity contribution in [2.75, 3.05) is 21.1 Å². The topological polar surface area (TPSA) is 89.5 Å². The van der Waals surface area contributed by atoms with Gasteiger partial charge in [0, 0.05) is 12.0 Å². The molecule has 0 spiro atoms. The van der Waals surface area contributed by atoms with E-state index >= 15 is 0 Å². The number of hydrogen-bond donors (Lipinski definition) is 2. The van der Waals surface area contributed by atoms with Gasteiger partial charge in [0.15, 0.2) is 6.17 Å². The molecule has 0 rings (SSSR count).